The normalized spacial score (nSPS) is 15.6. The molecule has 5 nitrogen and oxygen atoms in total. The van der Waals surface area contributed by atoms with Crippen LogP contribution >= 0.6 is 0 Å². The van der Waals surface area contributed by atoms with E-state index in [2.05, 4.69) is 23.1 Å². The van der Waals surface area contributed by atoms with Crippen LogP contribution in [0.2, 0.25) is 0 Å². The van der Waals surface area contributed by atoms with E-state index in [0.717, 1.165) is 48.3 Å². The second kappa shape index (κ2) is 9.90. The zero-order chi connectivity index (χ0) is 23.4. The minimum absolute atomic E-state index is 0.183. The van der Waals surface area contributed by atoms with Crippen LogP contribution in [0.4, 0.5) is 5.69 Å². The Bertz CT molecular complexity index is 1130. The highest BCUT2D eigenvalue weighted by Crippen LogP contribution is 2.43. The lowest BCUT2D eigenvalue weighted by Gasteiger charge is -2.34. The van der Waals surface area contributed by atoms with Gasteiger partial charge in [-0.15, -0.1) is 0 Å². The van der Waals surface area contributed by atoms with E-state index >= 15 is 0 Å². The predicted octanol–water partition coefficient (Wildman–Crippen LogP) is 5.08. The summed E-state index contributed by atoms with van der Waals surface area (Å²) in [5, 5.41) is 9.30. The molecule has 0 aliphatic carbocycles. The number of amides is 1. The Balaban J connectivity index is 1.88. The summed E-state index contributed by atoms with van der Waals surface area (Å²) in [4.78, 5) is 26.7. The molecule has 3 aromatic rings. The van der Waals surface area contributed by atoms with Crippen molar-refractivity contribution in [3.8, 4) is 0 Å². The van der Waals surface area contributed by atoms with Gasteiger partial charge in [-0.1, -0.05) is 60.2 Å². The summed E-state index contributed by atoms with van der Waals surface area (Å²) in [5.41, 5.74) is 11.3. The van der Waals surface area contributed by atoms with Crippen molar-refractivity contribution < 1.29 is 14.7 Å². The maximum absolute atomic E-state index is 13.0. The van der Waals surface area contributed by atoms with Crippen molar-refractivity contribution >= 4 is 17.6 Å². The second-order valence-corrected chi connectivity index (χ2v) is 8.81. The van der Waals surface area contributed by atoms with Crippen LogP contribution in [-0.2, 0) is 4.79 Å². The monoisotopic (exact) mass is 442 g/mol. The first-order valence-corrected chi connectivity index (χ1v) is 11.5. The summed E-state index contributed by atoms with van der Waals surface area (Å²) in [7, 11) is 0. The molecule has 0 aromatic heterocycles. The molecule has 1 saturated heterocycles. The Hall–Kier alpha value is -3.60. The average Bonchev–Trinajstić information content (AvgIpc) is 2.83. The van der Waals surface area contributed by atoms with E-state index in [4.69, 9.17) is 5.73 Å². The third-order valence-electron chi connectivity index (χ3n) is 6.53. The lowest BCUT2D eigenvalue weighted by molar-refractivity contribution is -0.119. The molecule has 0 saturated carbocycles. The minimum Gasteiger partial charge on any atom is -0.478 e. The fourth-order valence-corrected chi connectivity index (χ4v) is 4.94. The average molecular weight is 443 g/mol. The largest absolute Gasteiger partial charge is 0.478 e. The van der Waals surface area contributed by atoms with Crippen LogP contribution in [0.3, 0.4) is 0 Å². The van der Waals surface area contributed by atoms with E-state index in [1.54, 1.807) is 12.1 Å². The summed E-state index contributed by atoms with van der Waals surface area (Å²) in [6.45, 7) is 4.02. The van der Waals surface area contributed by atoms with Crippen molar-refractivity contribution in [2.24, 2.45) is 5.73 Å². The van der Waals surface area contributed by atoms with E-state index in [1.807, 2.05) is 37.3 Å². The number of hydrogen-bond acceptors (Lipinski definition) is 3. The predicted molar refractivity (Wildman–Crippen MR) is 131 cm³/mol. The number of anilines is 1. The van der Waals surface area contributed by atoms with E-state index in [9.17, 15) is 14.7 Å². The van der Waals surface area contributed by atoms with Crippen molar-refractivity contribution in [3.05, 3.63) is 101 Å². The smallest absolute Gasteiger partial charge is 0.335 e. The third kappa shape index (κ3) is 4.92. The molecular weight excluding hydrogens is 412 g/mol. The first-order chi connectivity index (χ1) is 16.0. The quantitative estimate of drug-likeness (QED) is 0.534. The molecule has 1 aliphatic heterocycles. The van der Waals surface area contributed by atoms with Gasteiger partial charge in [0.25, 0.3) is 0 Å². The van der Waals surface area contributed by atoms with Crippen molar-refractivity contribution in [2.75, 3.05) is 18.0 Å². The number of aromatic carboxylic acids is 1. The number of nitrogens with zero attached hydrogens (tertiary/aromatic N) is 1. The van der Waals surface area contributed by atoms with Crippen molar-refractivity contribution in [3.63, 3.8) is 0 Å². The first-order valence-electron chi connectivity index (χ1n) is 11.5. The first kappa shape index (κ1) is 22.6. The topological polar surface area (TPSA) is 83.6 Å². The molecule has 1 fully saturated rings. The highest BCUT2D eigenvalue weighted by Gasteiger charge is 2.33. The molecule has 1 heterocycles. The van der Waals surface area contributed by atoms with Crippen LogP contribution in [0.1, 0.15) is 63.7 Å². The van der Waals surface area contributed by atoms with Gasteiger partial charge in [-0.2, -0.15) is 0 Å². The van der Waals surface area contributed by atoms with Crippen LogP contribution in [0, 0.1) is 6.92 Å². The Morgan fingerprint density at radius 3 is 2.21 bits per heavy atom. The van der Waals surface area contributed by atoms with Gasteiger partial charge >= 0.3 is 5.97 Å². The molecular formula is C28H30N2O3. The van der Waals surface area contributed by atoms with Gasteiger partial charge in [-0.25, -0.2) is 4.79 Å². The SMILES string of the molecule is Cc1cccc(C(c2ccccc2N2CCCCC2)C(C(N)=O)c2ccc(C(=O)O)cc2)c1. The zero-order valence-electron chi connectivity index (χ0n) is 18.9. The van der Waals surface area contributed by atoms with Gasteiger partial charge < -0.3 is 15.7 Å². The van der Waals surface area contributed by atoms with Crippen LogP contribution in [0.25, 0.3) is 0 Å². The Morgan fingerprint density at radius 2 is 1.58 bits per heavy atom. The van der Waals surface area contributed by atoms with Crippen LogP contribution in [0.5, 0.6) is 0 Å². The standard InChI is InChI=1S/C28H30N2O3/c1-19-8-7-9-22(18-19)25(23-10-3-4-11-24(23)30-16-5-2-6-17-30)26(27(29)31)20-12-14-21(15-13-20)28(32)33/h3-4,7-15,18,25-26H,2,5-6,16-17H2,1H3,(H2,29,31)(H,32,33). The molecule has 2 unspecified atom stereocenters. The maximum Gasteiger partial charge on any atom is 0.335 e. The molecule has 5 heteroatoms. The van der Waals surface area contributed by atoms with Crippen molar-refractivity contribution in [1.82, 2.24) is 0 Å². The number of benzene rings is 3. The number of nitrogens with two attached hydrogens (primary N) is 1. The molecule has 0 spiro atoms. The van der Waals surface area contributed by atoms with E-state index < -0.39 is 17.8 Å². The summed E-state index contributed by atoms with van der Waals surface area (Å²) in [6.07, 6.45) is 3.54. The number of rotatable bonds is 7. The molecule has 2 atom stereocenters. The molecule has 0 radical (unpaired) electrons. The van der Waals surface area contributed by atoms with Gasteiger partial charge in [0.1, 0.15) is 0 Å². The van der Waals surface area contributed by atoms with Gasteiger partial charge in [0.05, 0.1) is 11.5 Å². The minimum atomic E-state index is -0.997. The van der Waals surface area contributed by atoms with Crippen molar-refractivity contribution in [1.29, 1.82) is 0 Å². The number of hydrogen-bond donors (Lipinski definition) is 2. The molecule has 0 bridgehead atoms. The highest BCUT2D eigenvalue weighted by atomic mass is 16.4. The Kier molecular flexibility index (Phi) is 6.78. The number of carbonyl (C=O) groups is 2. The number of aryl methyl sites for hydroxylation is 1. The number of carboxylic acid groups (broad SMARTS) is 1. The van der Waals surface area contributed by atoms with Gasteiger partial charge in [0, 0.05) is 24.7 Å². The fraction of sp³-hybridized carbons (Fsp3) is 0.286. The summed E-state index contributed by atoms with van der Waals surface area (Å²) >= 11 is 0. The zero-order valence-corrected chi connectivity index (χ0v) is 18.9. The number of para-hydroxylation sites is 1. The fourth-order valence-electron chi connectivity index (χ4n) is 4.94. The van der Waals surface area contributed by atoms with Gasteiger partial charge in [-0.3, -0.25) is 4.79 Å². The van der Waals surface area contributed by atoms with Gasteiger partial charge in [0.15, 0.2) is 0 Å². The van der Waals surface area contributed by atoms with Crippen molar-refractivity contribution in [2.45, 2.75) is 38.0 Å². The number of piperidine rings is 1. The van der Waals surface area contributed by atoms with E-state index in [0.29, 0.717) is 5.56 Å². The molecule has 1 amide bonds. The van der Waals surface area contributed by atoms with Crippen LogP contribution < -0.4 is 10.6 Å². The van der Waals surface area contributed by atoms with Crippen LogP contribution in [-0.4, -0.2) is 30.1 Å². The van der Waals surface area contributed by atoms with Gasteiger partial charge in [0.2, 0.25) is 5.91 Å². The lowest BCUT2D eigenvalue weighted by atomic mass is 9.75. The maximum atomic E-state index is 13.0. The Labute approximate surface area is 194 Å². The molecule has 3 N–H and O–H groups in total. The van der Waals surface area contributed by atoms with Crippen LogP contribution in [0.15, 0.2) is 72.8 Å². The molecule has 170 valence electrons. The molecule has 4 rings (SSSR count). The summed E-state index contributed by atoms with van der Waals surface area (Å²) in [6, 6.07) is 23.0. The highest BCUT2D eigenvalue weighted by molar-refractivity contribution is 5.88. The van der Waals surface area contributed by atoms with Gasteiger partial charge in [-0.05, 0) is 61.1 Å². The number of carbonyl (C=O) groups excluding carboxylic acids is 1. The lowest BCUT2D eigenvalue weighted by Crippen LogP contribution is -2.32. The summed E-state index contributed by atoms with van der Waals surface area (Å²) in [5.74, 6) is -2.36. The summed E-state index contributed by atoms with van der Waals surface area (Å²) < 4.78 is 0. The second-order valence-electron chi connectivity index (χ2n) is 8.81. The third-order valence-corrected chi connectivity index (χ3v) is 6.53. The Morgan fingerprint density at radius 1 is 0.879 bits per heavy atom. The molecule has 1 aliphatic rings. The molecule has 3 aromatic carbocycles. The molecule has 33 heavy (non-hydrogen) atoms. The number of carboxylic acids is 1. The van der Waals surface area contributed by atoms with E-state index in [-0.39, 0.29) is 11.5 Å². The number of primary amides is 1. The van der Waals surface area contributed by atoms with E-state index in [1.165, 1.54) is 18.6 Å².